The number of unbranched alkanes of at least 4 members (excludes halogenated alkanes) is 1. The molecule has 0 aliphatic rings. The molecule has 0 bridgehead atoms. The summed E-state index contributed by atoms with van der Waals surface area (Å²) in [6, 6.07) is 6.39. The van der Waals surface area contributed by atoms with Crippen molar-refractivity contribution >= 4 is 11.4 Å². The molecule has 3 nitrogen and oxygen atoms in total. The molecule has 0 fully saturated rings. The lowest BCUT2D eigenvalue weighted by Crippen LogP contribution is -2.14. The largest absolute Gasteiger partial charge is 0.491 e. The molecule has 1 aromatic rings. The first-order chi connectivity index (χ1) is 8.67. The predicted molar refractivity (Wildman–Crippen MR) is 79.3 cm³/mol. The van der Waals surface area contributed by atoms with Crippen LogP contribution in [-0.2, 0) is 0 Å². The van der Waals surface area contributed by atoms with Crippen LogP contribution in [-0.4, -0.2) is 12.6 Å². The first kappa shape index (κ1) is 14.7. The highest BCUT2D eigenvalue weighted by Crippen LogP contribution is 2.26. The van der Waals surface area contributed by atoms with E-state index < -0.39 is 0 Å². The van der Waals surface area contributed by atoms with Gasteiger partial charge in [-0.15, -0.1) is 0 Å². The number of nitrogens with two attached hydrogens (primary N) is 1. The van der Waals surface area contributed by atoms with Crippen molar-refractivity contribution in [2.24, 2.45) is 0 Å². The summed E-state index contributed by atoms with van der Waals surface area (Å²) in [7, 11) is 0. The van der Waals surface area contributed by atoms with Crippen LogP contribution in [0.15, 0.2) is 18.2 Å². The van der Waals surface area contributed by atoms with E-state index in [1.807, 2.05) is 18.2 Å². The first-order valence-electron chi connectivity index (χ1n) is 6.96. The second kappa shape index (κ2) is 7.85. The summed E-state index contributed by atoms with van der Waals surface area (Å²) in [5.41, 5.74) is 7.67. The third kappa shape index (κ3) is 4.86. The molecule has 1 unspecified atom stereocenters. The molecule has 1 rings (SSSR count). The number of anilines is 2. The van der Waals surface area contributed by atoms with E-state index in [0.29, 0.717) is 18.3 Å². The Morgan fingerprint density at radius 2 is 2.06 bits per heavy atom. The van der Waals surface area contributed by atoms with Crippen LogP contribution in [0.4, 0.5) is 11.4 Å². The van der Waals surface area contributed by atoms with Crippen molar-refractivity contribution in [2.45, 2.75) is 52.5 Å². The van der Waals surface area contributed by atoms with Gasteiger partial charge >= 0.3 is 0 Å². The zero-order valence-electron chi connectivity index (χ0n) is 11.8. The van der Waals surface area contributed by atoms with Gasteiger partial charge in [0.25, 0.3) is 0 Å². The molecule has 0 aliphatic heterocycles. The Balaban J connectivity index is 2.60. The number of hydrogen-bond acceptors (Lipinski definition) is 3. The second-order valence-electron chi connectivity index (χ2n) is 4.79. The van der Waals surface area contributed by atoms with E-state index in [2.05, 4.69) is 26.1 Å². The van der Waals surface area contributed by atoms with Gasteiger partial charge in [0.05, 0.1) is 12.3 Å². The molecule has 18 heavy (non-hydrogen) atoms. The van der Waals surface area contributed by atoms with E-state index in [1.165, 1.54) is 19.3 Å². The van der Waals surface area contributed by atoms with Gasteiger partial charge in [-0.25, -0.2) is 0 Å². The van der Waals surface area contributed by atoms with Crippen LogP contribution in [0.2, 0.25) is 0 Å². The van der Waals surface area contributed by atoms with E-state index >= 15 is 0 Å². The van der Waals surface area contributed by atoms with E-state index in [4.69, 9.17) is 10.5 Å². The van der Waals surface area contributed by atoms with Gasteiger partial charge in [-0.1, -0.05) is 26.7 Å². The maximum atomic E-state index is 5.89. The Hall–Kier alpha value is -1.38. The van der Waals surface area contributed by atoms with Gasteiger partial charge in [-0.3, -0.25) is 0 Å². The molecule has 0 saturated heterocycles. The Morgan fingerprint density at radius 1 is 1.28 bits per heavy atom. The highest BCUT2D eigenvalue weighted by molar-refractivity contribution is 5.61. The average molecular weight is 250 g/mol. The number of rotatable bonds is 8. The molecule has 0 saturated carbocycles. The predicted octanol–water partition coefficient (Wildman–Crippen LogP) is 4.05. The second-order valence-corrected chi connectivity index (χ2v) is 4.79. The van der Waals surface area contributed by atoms with Gasteiger partial charge in [-0.05, 0) is 31.9 Å². The highest BCUT2D eigenvalue weighted by Gasteiger charge is 2.05. The summed E-state index contributed by atoms with van der Waals surface area (Å²) in [5.74, 6) is 0.782. The lowest BCUT2D eigenvalue weighted by Gasteiger charge is -2.16. The van der Waals surface area contributed by atoms with Gasteiger partial charge < -0.3 is 15.8 Å². The van der Waals surface area contributed by atoms with Crippen molar-refractivity contribution in [1.29, 1.82) is 0 Å². The summed E-state index contributed by atoms with van der Waals surface area (Å²) >= 11 is 0. The van der Waals surface area contributed by atoms with E-state index in [-0.39, 0.29) is 0 Å². The minimum atomic E-state index is 0.479. The average Bonchev–Trinajstić information content (AvgIpc) is 2.37. The number of benzene rings is 1. The van der Waals surface area contributed by atoms with E-state index in [1.54, 1.807) is 0 Å². The zero-order chi connectivity index (χ0) is 13.4. The molecule has 0 heterocycles. The fourth-order valence-corrected chi connectivity index (χ4v) is 1.83. The van der Waals surface area contributed by atoms with Crippen LogP contribution in [0, 0.1) is 0 Å². The summed E-state index contributed by atoms with van der Waals surface area (Å²) in [5, 5.41) is 3.49. The minimum Gasteiger partial charge on any atom is -0.491 e. The Kier molecular flexibility index (Phi) is 6.40. The maximum Gasteiger partial charge on any atom is 0.144 e. The van der Waals surface area contributed by atoms with Gasteiger partial charge in [0.15, 0.2) is 0 Å². The van der Waals surface area contributed by atoms with Crippen LogP contribution in [0.3, 0.4) is 0 Å². The number of ether oxygens (including phenoxy) is 1. The molecular formula is C15H26N2O. The molecule has 3 N–H and O–H groups in total. The lowest BCUT2D eigenvalue weighted by atomic mass is 10.1. The molecule has 0 aliphatic carbocycles. The Morgan fingerprint density at radius 3 is 2.72 bits per heavy atom. The molecule has 0 aromatic heterocycles. The molecule has 3 heteroatoms. The van der Waals surface area contributed by atoms with Crippen LogP contribution in [0.5, 0.6) is 5.75 Å². The fourth-order valence-electron chi connectivity index (χ4n) is 1.83. The van der Waals surface area contributed by atoms with Crippen molar-refractivity contribution in [3.05, 3.63) is 18.2 Å². The van der Waals surface area contributed by atoms with Crippen LogP contribution < -0.4 is 15.8 Å². The van der Waals surface area contributed by atoms with Crippen molar-refractivity contribution in [1.82, 2.24) is 0 Å². The van der Waals surface area contributed by atoms with Crippen molar-refractivity contribution in [2.75, 3.05) is 17.7 Å². The molecule has 0 amide bonds. The quantitative estimate of drug-likeness (QED) is 0.684. The number of nitrogens with one attached hydrogen (secondary N) is 1. The molecule has 0 spiro atoms. The van der Waals surface area contributed by atoms with Crippen LogP contribution in [0.1, 0.15) is 46.5 Å². The third-order valence-corrected chi connectivity index (χ3v) is 2.88. The molecule has 0 radical (unpaired) electrons. The number of hydrogen-bond donors (Lipinski definition) is 2. The molecule has 1 atom stereocenters. The van der Waals surface area contributed by atoms with Crippen LogP contribution in [0.25, 0.3) is 0 Å². The zero-order valence-corrected chi connectivity index (χ0v) is 11.8. The monoisotopic (exact) mass is 250 g/mol. The van der Waals surface area contributed by atoms with Crippen molar-refractivity contribution in [3.8, 4) is 5.75 Å². The standard InChI is InChI=1S/C15H26N2O/c1-4-6-7-12(3)17-13-8-9-14(16)15(11-13)18-10-5-2/h8-9,11-12,17H,4-7,10,16H2,1-3H3. The molecular weight excluding hydrogens is 224 g/mol. The summed E-state index contributed by atoms with van der Waals surface area (Å²) in [6.45, 7) is 7.22. The Bertz CT molecular complexity index is 352. The topological polar surface area (TPSA) is 47.3 Å². The molecule has 1 aromatic carbocycles. The third-order valence-electron chi connectivity index (χ3n) is 2.88. The van der Waals surface area contributed by atoms with Gasteiger partial charge in [0.2, 0.25) is 0 Å². The Labute approximate surface area is 111 Å². The van der Waals surface area contributed by atoms with Crippen LogP contribution >= 0.6 is 0 Å². The van der Waals surface area contributed by atoms with Crippen molar-refractivity contribution < 1.29 is 4.74 Å². The minimum absolute atomic E-state index is 0.479. The normalized spacial score (nSPS) is 12.2. The summed E-state index contributed by atoms with van der Waals surface area (Å²) in [6.07, 6.45) is 4.66. The van der Waals surface area contributed by atoms with E-state index in [0.717, 1.165) is 17.9 Å². The maximum absolute atomic E-state index is 5.89. The lowest BCUT2D eigenvalue weighted by molar-refractivity contribution is 0.319. The van der Waals surface area contributed by atoms with Gasteiger partial charge in [-0.2, -0.15) is 0 Å². The van der Waals surface area contributed by atoms with E-state index in [9.17, 15) is 0 Å². The highest BCUT2D eigenvalue weighted by atomic mass is 16.5. The van der Waals surface area contributed by atoms with Crippen molar-refractivity contribution in [3.63, 3.8) is 0 Å². The first-order valence-corrected chi connectivity index (χ1v) is 6.96. The smallest absolute Gasteiger partial charge is 0.144 e. The van der Waals surface area contributed by atoms with Gasteiger partial charge in [0, 0.05) is 17.8 Å². The van der Waals surface area contributed by atoms with Gasteiger partial charge in [0.1, 0.15) is 5.75 Å². The summed E-state index contributed by atoms with van der Waals surface area (Å²) in [4.78, 5) is 0. The SMILES string of the molecule is CCCCC(C)Nc1ccc(N)c(OCCC)c1. The number of nitrogen functional groups attached to an aromatic ring is 1. The fraction of sp³-hybridized carbons (Fsp3) is 0.600. The molecule has 102 valence electrons. The summed E-state index contributed by atoms with van der Waals surface area (Å²) < 4.78 is 5.62.